The molecule has 2 aliphatic rings. The van der Waals surface area contributed by atoms with Gasteiger partial charge in [-0.3, -0.25) is 4.79 Å². The Morgan fingerprint density at radius 3 is 2.55 bits per heavy atom. The number of methoxy groups -OCH3 is 1. The third-order valence-electron chi connectivity index (χ3n) is 6.44. The maximum atomic E-state index is 12.0. The summed E-state index contributed by atoms with van der Waals surface area (Å²) in [5.74, 6) is 0.912. The van der Waals surface area contributed by atoms with Crippen molar-refractivity contribution in [3.05, 3.63) is 64.8 Å². The van der Waals surface area contributed by atoms with E-state index in [0.717, 1.165) is 42.0 Å². The minimum Gasteiger partial charge on any atom is -0.467 e. The van der Waals surface area contributed by atoms with Gasteiger partial charge in [0.2, 0.25) is 5.91 Å². The Kier molecular flexibility index (Phi) is 5.93. The standard InChI is InChI=1S/C25H26BrN5O2/c1-3-22(32)29-12-14-30(15-13-29)24-18-10-11-31(16-20(18)27-25(28-24)33-2)21-9-5-7-17-6-4-8-19(26)23(17)21/h3-9H,1,10-16H2,2H3. The van der Waals surface area contributed by atoms with E-state index in [1.807, 2.05) is 4.90 Å². The lowest BCUT2D eigenvalue weighted by Gasteiger charge is -2.38. The van der Waals surface area contributed by atoms with Gasteiger partial charge in [-0.05, 0) is 30.0 Å². The van der Waals surface area contributed by atoms with E-state index < -0.39 is 0 Å². The average Bonchev–Trinajstić information content (AvgIpc) is 2.87. The number of carbonyl (C=O) groups is 1. The first-order valence-corrected chi connectivity index (χ1v) is 11.9. The molecule has 170 valence electrons. The number of carbonyl (C=O) groups excluding carboxylic acids is 1. The molecule has 1 fully saturated rings. The van der Waals surface area contributed by atoms with E-state index in [-0.39, 0.29) is 5.91 Å². The summed E-state index contributed by atoms with van der Waals surface area (Å²) < 4.78 is 6.56. The molecule has 7 nitrogen and oxygen atoms in total. The zero-order valence-corrected chi connectivity index (χ0v) is 20.2. The quantitative estimate of drug-likeness (QED) is 0.500. The number of fused-ring (bicyclic) bond motifs is 2. The number of hydrogen-bond donors (Lipinski definition) is 0. The van der Waals surface area contributed by atoms with Crippen LogP contribution in [0, 0.1) is 0 Å². The number of benzene rings is 2. The molecular weight excluding hydrogens is 482 g/mol. The van der Waals surface area contributed by atoms with Crippen LogP contribution in [0.4, 0.5) is 11.5 Å². The Morgan fingerprint density at radius 2 is 1.82 bits per heavy atom. The van der Waals surface area contributed by atoms with Crippen LogP contribution in [0.3, 0.4) is 0 Å². The fourth-order valence-corrected chi connectivity index (χ4v) is 5.34. The molecular formula is C25H26BrN5O2. The molecule has 0 N–H and O–H groups in total. The van der Waals surface area contributed by atoms with Crippen molar-refractivity contribution in [3.63, 3.8) is 0 Å². The summed E-state index contributed by atoms with van der Waals surface area (Å²) in [6.45, 7) is 7.94. The molecule has 0 atom stereocenters. The number of anilines is 2. The summed E-state index contributed by atoms with van der Waals surface area (Å²) in [6.07, 6.45) is 2.23. The van der Waals surface area contributed by atoms with Gasteiger partial charge >= 0.3 is 6.01 Å². The van der Waals surface area contributed by atoms with Crippen molar-refractivity contribution >= 4 is 44.1 Å². The van der Waals surface area contributed by atoms with Gasteiger partial charge in [-0.15, -0.1) is 0 Å². The molecule has 0 bridgehead atoms. The Morgan fingerprint density at radius 1 is 1.06 bits per heavy atom. The highest BCUT2D eigenvalue weighted by atomic mass is 79.9. The minimum atomic E-state index is -0.0196. The lowest BCUT2D eigenvalue weighted by atomic mass is 10.0. The molecule has 3 aromatic rings. The predicted octanol–water partition coefficient (Wildman–Crippen LogP) is 3.80. The van der Waals surface area contributed by atoms with Crippen LogP contribution in [-0.4, -0.2) is 60.6 Å². The minimum absolute atomic E-state index is 0.0196. The molecule has 8 heteroatoms. The van der Waals surface area contributed by atoms with E-state index in [1.165, 1.54) is 28.1 Å². The predicted molar refractivity (Wildman–Crippen MR) is 134 cm³/mol. The Balaban J connectivity index is 1.46. The lowest BCUT2D eigenvalue weighted by molar-refractivity contribution is -0.126. The summed E-state index contributed by atoms with van der Waals surface area (Å²) in [4.78, 5) is 27.9. The maximum absolute atomic E-state index is 12.0. The Hall–Kier alpha value is -3.13. The number of aromatic nitrogens is 2. The van der Waals surface area contributed by atoms with E-state index >= 15 is 0 Å². The lowest BCUT2D eigenvalue weighted by Crippen LogP contribution is -2.49. The molecule has 5 rings (SSSR count). The van der Waals surface area contributed by atoms with Gasteiger partial charge in [-0.25, -0.2) is 0 Å². The van der Waals surface area contributed by atoms with E-state index in [2.05, 4.69) is 68.7 Å². The average molecular weight is 508 g/mol. The Labute approximate surface area is 201 Å². The molecule has 3 heterocycles. The van der Waals surface area contributed by atoms with Crippen molar-refractivity contribution < 1.29 is 9.53 Å². The second kappa shape index (κ2) is 9.02. The van der Waals surface area contributed by atoms with E-state index in [1.54, 1.807) is 7.11 Å². The topological polar surface area (TPSA) is 61.8 Å². The zero-order chi connectivity index (χ0) is 22.9. The van der Waals surface area contributed by atoms with E-state index in [9.17, 15) is 4.79 Å². The fourth-order valence-electron chi connectivity index (χ4n) is 4.75. The molecule has 33 heavy (non-hydrogen) atoms. The smallest absolute Gasteiger partial charge is 0.318 e. The van der Waals surface area contributed by atoms with Crippen LogP contribution >= 0.6 is 15.9 Å². The zero-order valence-electron chi connectivity index (χ0n) is 18.6. The van der Waals surface area contributed by atoms with Gasteiger partial charge in [0.25, 0.3) is 0 Å². The summed E-state index contributed by atoms with van der Waals surface area (Å²) >= 11 is 3.74. The summed E-state index contributed by atoms with van der Waals surface area (Å²) in [5, 5.41) is 2.42. The molecule has 0 spiro atoms. The molecule has 0 aliphatic carbocycles. The molecule has 0 unspecified atom stereocenters. The highest BCUT2D eigenvalue weighted by molar-refractivity contribution is 9.10. The van der Waals surface area contributed by atoms with Crippen molar-refractivity contribution in [2.24, 2.45) is 0 Å². The van der Waals surface area contributed by atoms with Gasteiger partial charge in [0.05, 0.1) is 19.3 Å². The summed E-state index contributed by atoms with van der Waals surface area (Å²) in [6, 6.07) is 13.1. The van der Waals surface area contributed by atoms with Gasteiger partial charge in [-0.1, -0.05) is 46.8 Å². The van der Waals surface area contributed by atoms with Gasteiger partial charge in [0.1, 0.15) is 5.82 Å². The van der Waals surface area contributed by atoms with Gasteiger partial charge < -0.3 is 19.4 Å². The molecule has 1 saturated heterocycles. The van der Waals surface area contributed by atoms with Gasteiger partial charge in [0.15, 0.2) is 0 Å². The van der Waals surface area contributed by atoms with Gasteiger partial charge in [-0.2, -0.15) is 9.97 Å². The first-order chi connectivity index (χ1) is 16.1. The molecule has 0 radical (unpaired) electrons. The second-order valence-electron chi connectivity index (χ2n) is 8.26. The number of rotatable bonds is 4. The number of ether oxygens (including phenoxy) is 1. The highest BCUT2D eigenvalue weighted by Gasteiger charge is 2.28. The number of halogens is 1. The largest absolute Gasteiger partial charge is 0.467 e. The van der Waals surface area contributed by atoms with Crippen LogP contribution in [0.15, 0.2) is 53.5 Å². The first kappa shape index (κ1) is 21.7. The molecule has 0 saturated carbocycles. The van der Waals surface area contributed by atoms with Crippen LogP contribution in [0.25, 0.3) is 10.8 Å². The SMILES string of the molecule is C=CC(=O)N1CCN(c2nc(OC)nc3c2CCN(c2cccc4cccc(Br)c24)C3)CC1. The van der Waals surface area contributed by atoms with Crippen molar-refractivity contribution in [2.45, 2.75) is 13.0 Å². The summed E-state index contributed by atoms with van der Waals surface area (Å²) in [7, 11) is 1.61. The second-order valence-corrected chi connectivity index (χ2v) is 9.12. The van der Waals surface area contributed by atoms with E-state index in [0.29, 0.717) is 25.6 Å². The van der Waals surface area contributed by atoms with Crippen molar-refractivity contribution in [1.82, 2.24) is 14.9 Å². The van der Waals surface area contributed by atoms with Crippen LogP contribution in [-0.2, 0) is 17.8 Å². The summed E-state index contributed by atoms with van der Waals surface area (Å²) in [5.41, 5.74) is 3.37. The van der Waals surface area contributed by atoms with Crippen molar-refractivity contribution in [3.8, 4) is 6.01 Å². The van der Waals surface area contributed by atoms with E-state index in [4.69, 9.17) is 14.7 Å². The van der Waals surface area contributed by atoms with Crippen molar-refractivity contribution in [2.75, 3.05) is 49.6 Å². The van der Waals surface area contributed by atoms with Crippen LogP contribution in [0.5, 0.6) is 6.01 Å². The molecule has 1 aromatic heterocycles. The molecule has 1 amide bonds. The number of amides is 1. The Bertz CT molecular complexity index is 1220. The fraction of sp³-hybridized carbons (Fsp3) is 0.320. The number of nitrogens with zero attached hydrogens (tertiary/aromatic N) is 5. The monoisotopic (exact) mass is 507 g/mol. The first-order valence-electron chi connectivity index (χ1n) is 11.1. The number of hydrogen-bond acceptors (Lipinski definition) is 6. The normalized spacial score (nSPS) is 16.0. The molecule has 2 aliphatic heterocycles. The maximum Gasteiger partial charge on any atom is 0.318 e. The van der Waals surface area contributed by atoms with Crippen LogP contribution in [0.2, 0.25) is 0 Å². The third-order valence-corrected chi connectivity index (χ3v) is 7.10. The highest BCUT2D eigenvalue weighted by Crippen LogP contribution is 2.37. The number of piperazine rings is 1. The van der Waals surface area contributed by atoms with Gasteiger partial charge in [0, 0.05) is 53.8 Å². The third kappa shape index (κ3) is 4.04. The molecule has 2 aromatic carbocycles. The van der Waals surface area contributed by atoms with Crippen molar-refractivity contribution in [1.29, 1.82) is 0 Å². The van der Waals surface area contributed by atoms with Crippen LogP contribution < -0.4 is 14.5 Å². The van der Waals surface area contributed by atoms with Crippen LogP contribution in [0.1, 0.15) is 11.3 Å².